The number of rotatable bonds is 0. The van der Waals surface area contributed by atoms with Gasteiger partial charge in [0.05, 0.1) is 0 Å². The molecule has 0 fully saturated rings. The molecule has 0 bridgehead atoms. The van der Waals surface area contributed by atoms with Gasteiger partial charge in [0.25, 0.3) is 5.82 Å². The molecular formula is C6H9BrF3N3. The van der Waals surface area contributed by atoms with Crippen molar-refractivity contribution in [3.63, 3.8) is 0 Å². The van der Waals surface area contributed by atoms with Crippen LogP contribution in [0.25, 0.3) is 0 Å². The number of hydrogen-bond donors (Lipinski definition) is 0. The minimum atomic E-state index is -4.44. The van der Waals surface area contributed by atoms with Gasteiger partial charge in [-0.15, -0.1) is 5.10 Å². The summed E-state index contributed by atoms with van der Waals surface area (Å²) in [6.45, 7) is 1.46. The van der Waals surface area contributed by atoms with Crippen LogP contribution in [-0.2, 0) is 13.2 Å². The van der Waals surface area contributed by atoms with Crippen LogP contribution < -0.4 is 0 Å². The van der Waals surface area contributed by atoms with Gasteiger partial charge in [0.1, 0.15) is 5.82 Å². The molecule has 7 heteroatoms. The quantitative estimate of drug-likeness (QED) is 0.669. The Bertz CT molecular complexity index is 249. The lowest BCUT2D eigenvalue weighted by molar-refractivity contribution is -0.145. The normalized spacial score (nSPS) is 10.7. The molecule has 0 aliphatic heterocycles. The molecule has 1 rings (SSSR count). The van der Waals surface area contributed by atoms with Gasteiger partial charge in [0, 0.05) is 7.05 Å². The van der Waals surface area contributed by atoms with Crippen molar-refractivity contribution in [1.82, 2.24) is 14.8 Å². The van der Waals surface area contributed by atoms with E-state index in [9.17, 15) is 13.2 Å². The van der Waals surface area contributed by atoms with Crippen LogP contribution in [0, 0.1) is 6.92 Å². The second kappa shape index (κ2) is 4.59. The lowest BCUT2D eigenvalue weighted by Crippen LogP contribution is -2.08. The second-order valence-electron chi connectivity index (χ2n) is 2.10. The Morgan fingerprint density at radius 3 is 1.92 bits per heavy atom. The van der Waals surface area contributed by atoms with Crippen LogP contribution in [0.5, 0.6) is 0 Å². The molecule has 0 aromatic carbocycles. The highest BCUT2D eigenvalue weighted by Crippen LogP contribution is 2.25. The van der Waals surface area contributed by atoms with Gasteiger partial charge in [-0.2, -0.15) is 13.2 Å². The first-order valence-electron chi connectivity index (χ1n) is 3.24. The Hall–Kier alpha value is -0.590. The number of alkyl halides is 4. The second-order valence-corrected chi connectivity index (χ2v) is 2.10. The van der Waals surface area contributed by atoms with Crippen LogP contribution in [0.3, 0.4) is 0 Å². The Morgan fingerprint density at radius 2 is 1.77 bits per heavy atom. The summed E-state index contributed by atoms with van der Waals surface area (Å²) in [6.07, 6.45) is -4.44. The molecule has 0 saturated carbocycles. The highest BCUT2D eigenvalue weighted by atomic mass is 79.9. The maximum Gasteiger partial charge on any atom is 0.453 e. The summed E-state index contributed by atoms with van der Waals surface area (Å²) in [7, 11) is 1.41. The van der Waals surface area contributed by atoms with Crippen molar-refractivity contribution in [2.24, 2.45) is 7.05 Å². The standard InChI is InChI=1S/C5H6F3N3.CH3Br/c1-3-9-4(5(6,7)8)10-11(3)2;1-2/h1-2H3;1H3. The fraction of sp³-hybridized carbons (Fsp3) is 0.667. The summed E-state index contributed by atoms with van der Waals surface area (Å²) in [5.74, 6) is 0.974. The fourth-order valence-electron chi connectivity index (χ4n) is 0.583. The fourth-order valence-corrected chi connectivity index (χ4v) is 0.583. The van der Waals surface area contributed by atoms with Gasteiger partial charge in [-0.05, 0) is 12.8 Å². The van der Waals surface area contributed by atoms with Gasteiger partial charge in [0.2, 0.25) is 0 Å². The molecule has 0 amide bonds. The Labute approximate surface area is 82.1 Å². The van der Waals surface area contributed by atoms with Crippen molar-refractivity contribution < 1.29 is 13.2 Å². The number of hydrogen-bond acceptors (Lipinski definition) is 2. The predicted octanol–water partition coefficient (Wildman–Crippen LogP) is 2.15. The van der Waals surface area contributed by atoms with Crippen LogP contribution in [-0.4, -0.2) is 20.6 Å². The van der Waals surface area contributed by atoms with E-state index in [0.29, 0.717) is 0 Å². The number of nitrogens with zero attached hydrogens (tertiary/aromatic N) is 3. The molecule has 0 N–H and O–H groups in total. The maximum absolute atomic E-state index is 11.8. The summed E-state index contributed by atoms with van der Waals surface area (Å²) in [4.78, 5) is 3.21. The van der Waals surface area contributed by atoms with E-state index in [1.54, 1.807) is 0 Å². The molecule has 1 aromatic rings. The topological polar surface area (TPSA) is 30.7 Å². The smallest absolute Gasteiger partial charge is 0.253 e. The number of aryl methyl sites for hydroxylation is 2. The minimum Gasteiger partial charge on any atom is -0.253 e. The van der Waals surface area contributed by atoms with Gasteiger partial charge in [0.15, 0.2) is 0 Å². The van der Waals surface area contributed by atoms with Gasteiger partial charge in [-0.3, -0.25) is 4.68 Å². The van der Waals surface area contributed by atoms with Gasteiger partial charge in [-0.1, -0.05) is 15.9 Å². The van der Waals surface area contributed by atoms with Gasteiger partial charge in [-0.25, -0.2) is 4.98 Å². The third-order valence-electron chi connectivity index (χ3n) is 1.23. The van der Waals surface area contributed by atoms with Crippen molar-refractivity contribution in [3.05, 3.63) is 11.6 Å². The highest BCUT2D eigenvalue weighted by Gasteiger charge is 2.36. The molecule has 76 valence electrons. The van der Waals surface area contributed by atoms with E-state index in [2.05, 4.69) is 26.0 Å². The lowest BCUT2D eigenvalue weighted by Gasteiger charge is -1.97. The lowest BCUT2D eigenvalue weighted by atomic mass is 10.6. The third kappa shape index (κ3) is 3.33. The highest BCUT2D eigenvalue weighted by molar-refractivity contribution is 9.08. The number of halogens is 4. The zero-order chi connectivity index (χ0) is 10.6. The molecule has 0 atom stereocenters. The number of aromatic nitrogens is 3. The molecule has 0 radical (unpaired) electrons. The van der Waals surface area contributed by atoms with E-state index < -0.39 is 12.0 Å². The minimum absolute atomic E-state index is 0.248. The summed E-state index contributed by atoms with van der Waals surface area (Å²) >= 11 is 2.94. The molecule has 13 heavy (non-hydrogen) atoms. The zero-order valence-electron chi connectivity index (χ0n) is 7.35. The average Bonchev–Trinajstić information content (AvgIpc) is 2.35. The van der Waals surface area contributed by atoms with Crippen LogP contribution in [0.1, 0.15) is 11.6 Å². The van der Waals surface area contributed by atoms with Crippen molar-refractivity contribution >= 4 is 15.9 Å². The molecule has 0 spiro atoms. The molecule has 3 nitrogen and oxygen atoms in total. The molecule has 0 aliphatic rings. The first-order valence-corrected chi connectivity index (χ1v) is 4.82. The molecule has 0 unspecified atom stereocenters. The van der Waals surface area contributed by atoms with E-state index in [4.69, 9.17) is 0 Å². The molecular weight excluding hydrogens is 251 g/mol. The summed E-state index contributed by atoms with van der Waals surface area (Å²) < 4.78 is 36.6. The van der Waals surface area contributed by atoms with Crippen LogP contribution >= 0.6 is 15.9 Å². The summed E-state index contributed by atoms with van der Waals surface area (Å²) in [5.41, 5.74) is 0. The molecule has 0 aliphatic carbocycles. The Balaban J connectivity index is 0.000000671. The van der Waals surface area contributed by atoms with Gasteiger partial charge >= 0.3 is 6.18 Å². The van der Waals surface area contributed by atoms with Crippen molar-refractivity contribution in [1.29, 1.82) is 0 Å². The SMILES string of the molecule is CBr.Cc1nc(C(F)(F)F)nn1C. The largest absolute Gasteiger partial charge is 0.453 e. The third-order valence-corrected chi connectivity index (χ3v) is 1.23. The van der Waals surface area contributed by atoms with E-state index in [-0.39, 0.29) is 5.82 Å². The monoisotopic (exact) mass is 259 g/mol. The summed E-state index contributed by atoms with van der Waals surface area (Å²) in [6, 6.07) is 0. The molecule has 1 heterocycles. The van der Waals surface area contributed by atoms with E-state index in [0.717, 1.165) is 4.68 Å². The molecule has 0 saturated heterocycles. The van der Waals surface area contributed by atoms with Gasteiger partial charge < -0.3 is 0 Å². The van der Waals surface area contributed by atoms with Crippen molar-refractivity contribution in [3.8, 4) is 0 Å². The Morgan fingerprint density at radius 1 is 1.31 bits per heavy atom. The molecule has 1 aromatic heterocycles. The van der Waals surface area contributed by atoms with Crippen molar-refractivity contribution in [2.45, 2.75) is 13.1 Å². The van der Waals surface area contributed by atoms with E-state index in [1.807, 2.05) is 5.83 Å². The predicted molar refractivity (Wildman–Crippen MR) is 45.6 cm³/mol. The van der Waals surface area contributed by atoms with Crippen molar-refractivity contribution in [2.75, 3.05) is 5.83 Å². The first kappa shape index (κ1) is 12.4. The Kier molecular flexibility index (Phi) is 4.38. The summed E-state index contributed by atoms with van der Waals surface area (Å²) in [5, 5.41) is 3.16. The van der Waals surface area contributed by atoms with E-state index in [1.165, 1.54) is 14.0 Å². The van der Waals surface area contributed by atoms with Crippen LogP contribution in [0.15, 0.2) is 0 Å². The van der Waals surface area contributed by atoms with Crippen LogP contribution in [0.2, 0.25) is 0 Å². The van der Waals surface area contributed by atoms with Crippen LogP contribution in [0.4, 0.5) is 13.2 Å². The first-order chi connectivity index (χ1) is 5.91. The zero-order valence-corrected chi connectivity index (χ0v) is 8.94. The van der Waals surface area contributed by atoms with E-state index >= 15 is 0 Å². The maximum atomic E-state index is 11.8. The average molecular weight is 260 g/mol.